The third-order valence-corrected chi connectivity index (χ3v) is 4.61. The van der Waals surface area contributed by atoms with Gasteiger partial charge in [0.15, 0.2) is 0 Å². The van der Waals surface area contributed by atoms with Gasteiger partial charge in [-0.15, -0.1) is 0 Å². The summed E-state index contributed by atoms with van der Waals surface area (Å²) in [6, 6.07) is 1.41. The molecule has 2 rings (SSSR count). The van der Waals surface area contributed by atoms with Gasteiger partial charge in [0.25, 0.3) is 0 Å². The molecule has 0 bridgehead atoms. The molecular formula is C13H26N2O. The second-order valence-electron chi connectivity index (χ2n) is 5.57. The molecule has 0 spiro atoms. The highest BCUT2D eigenvalue weighted by Gasteiger charge is 2.40. The van der Waals surface area contributed by atoms with Crippen LogP contribution in [0.4, 0.5) is 0 Å². The van der Waals surface area contributed by atoms with Gasteiger partial charge in [0.05, 0.1) is 5.60 Å². The van der Waals surface area contributed by atoms with Crippen LogP contribution in [0.5, 0.6) is 0 Å². The Labute approximate surface area is 99.5 Å². The number of rotatable bonds is 4. The maximum Gasteiger partial charge on any atom is 0.0805 e. The van der Waals surface area contributed by atoms with Crippen molar-refractivity contribution in [2.75, 3.05) is 27.2 Å². The molecule has 2 atom stereocenters. The summed E-state index contributed by atoms with van der Waals surface area (Å²) in [5.41, 5.74) is 0.195. The van der Waals surface area contributed by atoms with Crippen molar-refractivity contribution in [3.63, 3.8) is 0 Å². The Kier molecular flexibility index (Phi) is 3.88. The van der Waals surface area contributed by atoms with Crippen LogP contribution in [0.25, 0.3) is 0 Å². The van der Waals surface area contributed by atoms with E-state index in [1.807, 2.05) is 7.11 Å². The van der Waals surface area contributed by atoms with Crippen molar-refractivity contribution in [1.82, 2.24) is 10.2 Å². The molecule has 1 saturated heterocycles. The van der Waals surface area contributed by atoms with Gasteiger partial charge in [-0.05, 0) is 46.1 Å². The summed E-state index contributed by atoms with van der Waals surface area (Å²) < 4.78 is 5.72. The summed E-state index contributed by atoms with van der Waals surface area (Å²) in [6.45, 7) is 4.71. The van der Waals surface area contributed by atoms with Crippen molar-refractivity contribution in [2.24, 2.45) is 0 Å². The molecule has 16 heavy (non-hydrogen) atoms. The van der Waals surface area contributed by atoms with E-state index < -0.39 is 0 Å². The summed E-state index contributed by atoms with van der Waals surface area (Å²) in [6.07, 6.45) is 6.40. The summed E-state index contributed by atoms with van der Waals surface area (Å²) in [7, 11) is 3.96. The van der Waals surface area contributed by atoms with E-state index in [1.165, 1.54) is 38.6 Å². The molecule has 2 fully saturated rings. The first kappa shape index (κ1) is 12.3. The minimum Gasteiger partial charge on any atom is -0.377 e. The van der Waals surface area contributed by atoms with Crippen molar-refractivity contribution < 1.29 is 4.74 Å². The largest absolute Gasteiger partial charge is 0.377 e. The smallest absolute Gasteiger partial charge is 0.0805 e. The van der Waals surface area contributed by atoms with Gasteiger partial charge in [-0.3, -0.25) is 4.90 Å². The molecule has 3 nitrogen and oxygen atoms in total. The topological polar surface area (TPSA) is 24.5 Å². The number of likely N-dealkylation sites (tertiary alicyclic amines) is 1. The van der Waals surface area contributed by atoms with Crippen LogP contribution in [0.3, 0.4) is 0 Å². The van der Waals surface area contributed by atoms with Crippen LogP contribution in [0.2, 0.25) is 0 Å². The van der Waals surface area contributed by atoms with Crippen LogP contribution >= 0.6 is 0 Å². The highest BCUT2D eigenvalue weighted by molar-refractivity contribution is 4.95. The van der Waals surface area contributed by atoms with Gasteiger partial charge in [-0.1, -0.05) is 0 Å². The molecular weight excluding hydrogens is 200 g/mol. The minimum atomic E-state index is 0.195. The van der Waals surface area contributed by atoms with Crippen LogP contribution in [0, 0.1) is 0 Å². The maximum absolute atomic E-state index is 5.72. The van der Waals surface area contributed by atoms with Gasteiger partial charge >= 0.3 is 0 Å². The lowest BCUT2D eigenvalue weighted by atomic mass is 9.79. The maximum atomic E-state index is 5.72. The van der Waals surface area contributed by atoms with Crippen molar-refractivity contribution in [3.05, 3.63) is 0 Å². The first-order valence-corrected chi connectivity index (χ1v) is 6.65. The highest BCUT2D eigenvalue weighted by atomic mass is 16.5. The third kappa shape index (κ3) is 2.41. The van der Waals surface area contributed by atoms with Gasteiger partial charge in [0.1, 0.15) is 0 Å². The Bertz CT molecular complexity index is 222. The molecule has 1 aliphatic carbocycles. The quantitative estimate of drug-likeness (QED) is 0.788. The third-order valence-electron chi connectivity index (χ3n) is 4.61. The molecule has 0 aromatic carbocycles. The van der Waals surface area contributed by atoms with Gasteiger partial charge < -0.3 is 10.1 Å². The molecule has 0 aromatic heterocycles. The fourth-order valence-corrected chi connectivity index (χ4v) is 3.09. The van der Waals surface area contributed by atoms with Crippen molar-refractivity contribution in [3.8, 4) is 0 Å². The van der Waals surface area contributed by atoms with Gasteiger partial charge in [-0.2, -0.15) is 0 Å². The first-order valence-electron chi connectivity index (χ1n) is 6.65. The zero-order valence-corrected chi connectivity index (χ0v) is 11.0. The lowest BCUT2D eigenvalue weighted by Gasteiger charge is -2.47. The summed E-state index contributed by atoms with van der Waals surface area (Å²) in [4.78, 5) is 2.62. The molecule has 0 aromatic rings. The first-order chi connectivity index (χ1) is 7.69. The molecule has 0 amide bonds. The number of ether oxygens (including phenoxy) is 1. The van der Waals surface area contributed by atoms with E-state index in [0.717, 1.165) is 6.54 Å². The molecule has 94 valence electrons. The Morgan fingerprint density at radius 3 is 2.62 bits per heavy atom. The zero-order valence-electron chi connectivity index (χ0n) is 11.0. The van der Waals surface area contributed by atoms with Crippen LogP contribution in [-0.2, 0) is 4.74 Å². The normalized spacial score (nSPS) is 34.7. The SMILES string of the molecule is CNC1CCN(CC2(OC)CCC2)C(C)C1. The monoisotopic (exact) mass is 226 g/mol. The number of piperidine rings is 1. The van der Waals surface area contributed by atoms with Crippen molar-refractivity contribution >= 4 is 0 Å². The molecule has 2 unspecified atom stereocenters. The van der Waals surface area contributed by atoms with Crippen molar-refractivity contribution in [2.45, 2.75) is 56.7 Å². The number of nitrogens with one attached hydrogen (secondary N) is 1. The van der Waals surface area contributed by atoms with Crippen LogP contribution < -0.4 is 5.32 Å². The predicted molar refractivity (Wildman–Crippen MR) is 66.7 cm³/mol. The summed E-state index contributed by atoms with van der Waals surface area (Å²) in [5.74, 6) is 0. The molecule has 1 saturated carbocycles. The average molecular weight is 226 g/mol. The summed E-state index contributed by atoms with van der Waals surface area (Å²) >= 11 is 0. The Hall–Kier alpha value is -0.120. The molecule has 1 heterocycles. The molecule has 1 aliphatic heterocycles. The fraction of sp³-hybridized carbons (Fsp3) is 1.00. The van der Waals surface area contributed by atoms with Crippen LogP contribution in [0.1, 0.15) is 39.0 Å². The minimum absolute atomic E-state index is 0.195. The van der Waals surface area contributed by atoms with E-state index in [9.17, 15) is 0 Å². The zero-order chi connectivity index (χ0) is 11.6. The Balaban J connectivity index is 1.86. The highest BCUT2D eigenvalue weighted by Crippen LogP contribution is 2.36. The summed E-state index contributed by atoms with van der Waals surface area (Å²) in [5, 5.41) is 3.40. The molecule has 1 N–H and O–H groups in total. The number of methoxy groups -OCH3 is 1. The number of hydrogen-bond donors (Lipinski definition) is 1. The Morgan fingerprint density at radius 2 is 2.19 bits per heavy atom. The number of hydrogen-bond acceptors (Lipinski definition) is 3. The standard InChI is InChI=1S/C13H26N2O/c1-11-9-12(14-2)5-8-15(11)10-13(16-3)6-4-7-13/h11-12,14H,4-10H2,1-3H3. The average Bonchev–Trinajstić information content (AvgIpc) is 2.25. The molecule has 0 radical (unpaired) electrons. The van der Waals surface area contributed by atoms with E-state index in [4.69, 9.17) is 4.74 Å². The second-order valence-corrected chi connectivity index (χ2v) is 5.57. The van der Waals surface area contributed by atoms with Gasteiger partial charge in [0.2, 0.25) is 0 Å². The van der Waals surface area contributed by atoms with Crippen LogP contribution in [0.15, 0.2) is 0 Å². The Morgan fingerprint density at radius 1 is 1.44 bits per heavy atom. The molecule has 2 aliphatic rings. The van der Waals surface area contributed by atoms with Gasteiger partial charge in [0, 0.05) is 32.3 Å². The van der Waals surface area contributed by atoms with E-state index >= 15 is 0 Å². The van der Waals surface area contributed by atoms with E-state index in [2.05, 4.69) is 24.2 Å². The van der Waals surface area contributed by atoms with Crippen LogP contribution in [-0.4, -0.2) is 49.8 Å². The van der Waals surface area contributed by atoms with E-state index in [0.29, 0.717) is 12.1 Å². The van der Waals surface area contributed by atoms with E-state index in [-0.39, 0.29) is 5.60 Å². The lowest BCUT2D eigenvalue weighted by Crippen LogP contribution is -2.55. The van der Waals surface area contributed by atoms with E-state index in [1.54, 1.807) is 0 Å². The lowest BCUT2D eigenvalue weighted by molar-refractivity contribution is -0.100. The fourth-order valence-electron chi connectivity index (χ4n) is 3.09. The predicted octanol–water partition coefficient (Wildman–Crippen LogP) is 1.63. The molecule has 3 heteroatoms. The van der Waals surface area contributed by atoms with Crippen molar-refractivity contribution in [1.29, 1.82) is 0 Å². The van der Waals surface area contributed by atoms with Gasteiger partial charge in [-0.25, -0.2) is 0 Å². The number of nitrogens with zero attached hydrogens (tertiary/aromatic N) is 1. The second kappa shape index (κ2) is 5.03.